The Balaban J connectivity index is 2.53. The number of aliphatic hydroxyl groups is 1. The van der Waals surface area contributed by atoms with Crippen LogP contribution in [0.2, 0.25) is 0 Å². The first-order chi connectivity index (χ1) is 7.70. The molecule has 0 aliphatic rings. The average molecular weight is 220 g/mol. The Bertz CT molecular complexity index is 308. The van der Waals surface area contributed by atoms with Crippen molar-refractivity contribution < 1.29 is 9.84 Å². The summed E-state index contributed by atoms with van der Waals surface area (Å²) < 4.78 is 5.87. The predicted octanol–water partition coefficient (Wildman–Crippen LogP) is 2.92. The zero-order valence-corrected chi connectivity index (χ0v) is 9.86. The minimum absolute atomic E-state index is 0.138. The largest absolute Gasteiger partial charge is 0.396 e. The Labute approximate surface area is 97.6 Å². The van der Waals surface area contributed by atoms with Crippen LogP contribution in [-0.4, -0.2) is 17.3 Å². The van der Waals surface area contributed by atoms with E-state index in [1.54, 1.807) is 0 Å². The van der Waals surface area contributed by atoms with Crippen molar-refractivity contribution >= 4 is 0 Å². The average Bonchev–Trinajstić information content (AvgIpc) is 2.29. The van der Waals surface area contributed by atoms with Gasteiger partial charge in [0.25, 0.3) is 0 Å². The van der Waals surface area contributed by atoms with Crippen molar-refractivity contribution in [2.45, 2.75) is 32.0 Å². The van der Waals surface area contributed by atoms with E-state index in [0.29, 0.717) is 13.0 Å². The molecule has 1 rings (SSSR count). The Morgan fingerprint density at radius 3 is 2.62 bits per heavy atom. The first-order valence-corrected chi connectivity index (χ1v) is 5.60. The molecule has 0 heterocycles. The molecule has 0 fully saturated rings. The molecule has 1 aromatic carbocycles. The molecule has 0 saturated carbocycles. The van der Waals surface area contributed by atoms with E-state index in [2.05, 4.69) is 6.58 Å². The van der Waals surface area contributed by atoms with Crippen LogP contribution in [0.4, 0.5) is 0 Å². The fourth-order valence-corrected chi connectivity index (χ4v) is 1.61. The third-order valence-electron chi connectivity index (χ3n) is 2.65. The maximum absolute atomic E-state index is 9.01. The van der Waals surface area contributed by atoms with Gasteiger partial charge in [-0.05, 0) is 25.3 Å². The second-order valence-corrected chi connectivity index (χ2v) is 4.19. The molecule has 0 aliphatic carbocycles. The van der Waals surface area contributed by atoms with Crippen LogP contribution < -0.4 is 0 Å². The molecule has 16 heavy (non-hydrogen) atoms. The lowest BCUT2D eigenvalue weighted by Gasteiger charge is -2.28. The Kier molecular flexibility index (Phi) is 5.23. The molecule has 0 saturated heterocycles. The Hall–Kier alpha value is -1.12. The molecule has 1 aromatic rings. The van der Waals surface area contributed by atoms with E-state index in [9.17, 15) is 0 Å². The number of hydrogen-bond acceptors (Lipinski definition) is 2. The van der Waals surface area contributed by atoms with Gasteiger partial charge in [0.05, 0.1) is 12.2 Å². The van der Waals surface area contributed by atoms with Crippen molar-refractivity contribution in [3.05, 3.63) is 48.6 Å². The van der Waals surface area contributed by atoms with Crippen LogP contribution in [0.25, 0.3) is 0 Å². The van der Waals surface area contributed by atoms with Crippen LogP contribution in [-0.2, 0) is 11.3 Å². The summed E-state index contributed by atoms with van der Waals surface area (Å²) in [5, 5.41) is 9.01. The molecule has 1 N–H and O–H groups in total. The van der Waals surface area contributed by atoms with Crippen molar-refractivity contribution in [3.8, 4) is 0 Å². The van der Waals surface area contributed by atoms with Crippen LogP contribution in [0, 0.1) is 0 Å². The minimum atomic E-state index is -0.313. The summed E-state index contributed by atoms with van der Waals surface area (Å²) in [6.07, 6.45) is 3.22. The van der Waals surface area contributed by atoms with E-state index >= 15 is 0 Å². The normalized spacial score (nSPS) is 14.4. The van der Waals surface area contributed by atoms with E-state index in [1.807, 2.05) is 43.3 Å². The first-order valence-electron chi connectivity index (χ1n) is 5.60. The van der Waals surface area contributed by atoms with Crippen molar-refractivity contribution in [2.24, 2.45) is 0 Å². The summed E-state index contributed by atoms with van der Waals surface area (Å²) in [4.78, 5) is 0. The summed E-state index contributed by atoms with van der Waals surface area (Å²) in [6.45, 7) is 6.44. The fourth-order valence-electron chi connectivity index (χ4n) is 1.61. The molecule has 0 amide bonds. The summed E-state index contributed by atoms with van der Waals surface area (Å²) in [5.74, 6) is 0. The lowest BCUT2D eigenvalue weighted by molar-refractivity contribution is -0.0548. The topological polar surface area (TPSA) is 29.5 Å². The zero-order valence-electron chi connectivity index (χ0n) is 9.86. The molecular weight excluding hydrogens is 200 g/mol. The monoisotopic (exact) mass is 220 g/mol. The van der Waals surface area contributed by atoms with E-state index in [4.69, 9.17) is 9.84 Å². The molecule has 0 radical (unpaired) electrons. The van der Waals surface area contributed by atoms with Gasteiger partial charge in [-0.3, -0.25) is 0 Å². The van der Waals surface area contributed by atoms with Crippen LogP contribution in [0.15, 0.2) is 43.0 Å². The van der Waals surface area contributed by atoms with Gasteiger partial charge in [-0.15, -0.1) is 6.58 Å². The quantitative estimate of drug-likeness (QED) is 0.716. The smallest absolute Gasteiger partial charge is 0.0724 e. The molecule has 0 bridgehead atoms. The van der Waals surface area contributed by atoms with Gasteiger partial charge in [0.2, 0.25) is 0 Å². The van der Waals surface area contributed by atoms with Gasteiger partial charge in [-0.25, -0.2) is 0 Å². The summed E-state index contributed by atoms with van der Waals surface area (Å²) >= 11 is 0. The number of benzene rings is 1. The van der Waals surface area contributed by atoms with Crippen molar-refractivity contribution in [1.29, 1.82) is 0 Å². The van der Waals surface area contributed by atoms with E-state index < -0.39 is 0 Å². The molecule has 0 aromatic heterocycles. The van der Waals surface area contributed by atoms with Crippen molar-refractivity contribution in [2.75, 3.05) is 6.61 Å². The van der Waals surface area contributed by atoms with Gasteiger partial charge in [0.15, 0.2) is 0 Å². The molecule has 0 aliphatic heterocycles. The van der Waals surface area contributed by atoms with Gasteiger partial charge in [-0.2, -0.15) is 0 Å². The first kappa shape index (κ1) is 12.9. The van der Waals surface area contributed by atoms with Gasteiger partial charge >= 0.3 is 0 Å². The summed E-state index contributed by atoms with van der Waals surface area (Å²) in [7, 11) is 0. The van der Waals surface area contributed by atoms with Crippen molar-refractivity contribution in [1.82, 2.24) is 0 Å². The molecule has 88 valence electrons. The third-order valence-corrected chi connectivity index (χ3v) is 2.65. The highest BCUT2D eigenvalue weighted by atomic mass is 16.5. The van der Waals surface area contributed by atoms with E-state index in [0.717, 1.165) is 12.0 Å². The molecule has 1 atom stereocenters. The van der Waals surface area contributed by atoms with Crippen LogP contribution in [0.1, 0.15) is 25.3 Å². The lowest BCUT2D eigenvalue weighted by Crippen LogP contribution is -2.29. The van der Waals surface area contributed by atoms with Crippen LogP contribution in [0.5, 0.6) is 0 Å². The predicted molar refractivity (Wildman–Crippen MR) is 66.2 cm³/mol. The second kappa shape index (κ2) is 6.46. The number of ether oxygens (including phenoxy) is 1. The Morgan fingerprint density at radius 1 is 1.38 bits per heavy atom. The van der Waals surface area contributed by atoms with Gasteiger partial charge in [-0.1, -0.05) is 36.4 Å². The number of aliphatic hydroxyl groups excluding tert-OH is 1. The fraction of sp³-hybridized carbons (Fsp3) is 0.429. The summed E-state index contributed by atoms with van der Waals surface area (Å²) in [6, 6.07) is 10.0. The Morgan fingerprint density at radius 2 is 2.06 bits per heavy atom. The maximum Gasteiger partial charge on any atom is 0.0724 e. The van der Waals surface area contributed by atoms with Gasteiger partial charge in [0, 0.05) is 6.61 Å². The second-order valence-electron chi connectivity index (χ2n) is 4.19. The molecule has 0 spiro atoms. The van der Waals surface area contributed by atoms with Gasteiger partial charge < -0.3 is 9.84 Å². The van der Waals surface area contributed by atoms with Crippen LogP contribution >= 0.6 is 0 Å². The van der Waals surface area contributed by atoms with E-state index in [1.165, 1.54) is 0 Å². The van der Waals surface area contributed by atoms with Crippen molar-refractivity contribution in [3.63, 3.8) is 0 Å². The SMILES string of the molecule is C=CC[C@](C)(CCO)OCc1ccccc1. The highest BCUT2D eigenvalue weighted by Crippen LogP contribution is 2.22. The minimum Gasteiger partial charge on any atom is -0.396 e. The highest BCUT2D eigenvalue weighted by molar-refractivity contribution is 5.13. The molecule has 2 nitrogen and oxygen atoms in total. The van der Waals surface area contributed by atoms with Gasteiger partial charge in [0.1, 0.15) is 0 Å². The number of rotatable bonds is 7. The van der Waals surface area contributed by atoms with Crippen LogP contribution in [0.3, 0.4) is 0 Å². The van der Waals surface area contributed by atoms with E-state index in [-0.39, 0.29) is 12.2 Å². The highest BCUT2D eigenvalue weighted by Gasteiger charge is 2.22. The third kappa shape index (κ3) is 4.17. The summed E-state index contributed by atoms with van der Waals surface area (Å²) in [5.41, 5.74) is 0.836. The maximum atomic E-state index is 9.01. The molecule has 2 heteroatoms. The lowest BCUT2D eigenvalue weighted by atomic mass is 9.98. The molecule has 0 unspecified atom stereocenters. The standard InChI is InChI=1S/C14H20O2/c1-3-9-14(2,10-11-15)16-12-13-7-5-4-6-8-13/h3-8,15H,1,9-12H2,2H3/t14-/m1/s1. The number of hydrogen-bond donors (Lipinski definition) is 1. The zero-order chi connectivity index (χ0) is 11.9. The molecular formula is C14H20O2.